The molecular formula is C19H12O8. The van der Waals surface area contributed by atoms with Crippen molar-refractivity contribution in [2.45, 2.75) is 13.8 Å². The summed E-state index contributed by atoms with van der Waals surface area (Å²) in [6.45, 7) is 3.83. The summed E-state index contributed by atoms with van der Waals surface area (Å²) < 4.78 is 32.0. The molecule has 8 heteroatoms. The van der Waals surface area contributed by atoms with Crippen LogP contribution in [0, 0.1) is 5.41 Å². The van der Waals surface area contributed by atoms with Gasteiger partial charge in [0.15, 0.2) is 22.3 Å². The topological polar surface area (TPSA) is 104 Å². The summed E-state index contributed by atoms with van der Waals surface area (Å²) in [7, 11) is 0. The van der Waals surface area contributed by atoms with Crippen LogP contribution in [0.5, 0.6) is 23.0 Å². The van der Waals surface area contributed by atoms with Crippen LogP contribution in [0.2, 0.25) is 0 Å². The predicted octanol–water partition coefficient (Wildman–Crippen LogP) is 4.31. The molecule has 0 radical (unpaired) electrons. The Kier molecular flexibility index (Phi) is 2.43. The van der Waals surface area contributed by atoms with E-state index in [4.69, 9.17) is 27.8 Å². The van der Waals surface area contributed by atoms with Gasteiger partial charge in [0.05, 0.1) is 13.2 Å². The number of hydrogen-bond acceptors (Lipinski definition) is 8. The van der Waals surface area contributed by atoms with Gasteiger partial charge in [0, 0.05) is 17.5 Å². The Balaban J connectivity index is 1.08. The van der Waals surface area contributed by atoms with Gasteiger partial charge in [0.2, 0.25) is 23.0 Å². The van der Waals surface area contributed by atoms with Crippen LogP contribution in [0.15, 0.2) is 21.0 Å². The monoisotopic (exact) mass is 368 g/mol. The standard InChI is InChI=1S/C19H12O8/c1-19(2,5-22-17(20)7-3-9-13-15(26-13)11(7)24-9)6-23-18(21)8-4-10-14-16(27-14)12(8)25-10/h3-4H,5-6H2,1-2H3. The molecule has 0 fully saturated rings. The number of esters is 2. The lowest BCUT2D eigenvalue weighted by molar-refractivity contribution is 0.00636. The molecule has 136 valence electrons. The molecule has 6 rings (SSSR count). The Morgan fingerprint density at radius 2 is 1.26 bits per heavy atom. The average Bonchev–Trinajstić information content (AvgIpc) is 3.48. The van der Waals surface area contributed by atoms with Crippen LogP contribution in [-0.2, 0) is 9.47 Å². The van der Waals surface area contributed by atoms with Gasteiger partial charge in [0.25, 0.3) is 0 Å². The third kappa shape index (κ3) is 2.03. The van der Waals surface area contributed by atoms with Gasteiger partial charge in [0.1, 0.15) is 11.1 Å². The van der Waals surface area contributed by atoms with E-state index in [0.717, 1.165) is 0 Å². The molecule has 0 aliphatic carbocycles. The molecule has 6 heterocycles. The van der Waals surface area contributed by atoms with E-state index in [9.17, 15) is 9.59 Å². The molecule has 2 aliphatic rings. The second-order valence-electron chi connectivity index (χ2n) is 7.54. The molecule has 0 saturated heterocycles. The number of carbonyl (C=O) groups excluding carboxylic acids is 2. The third-order valence-corrected chi connectivity index (χ3v) is 4.69. The van der Waals surface area contributed by atoms with E-state index in [1.165, 1.54) is 0 Å². The van der Waals surface area contributed by atoms with Gasteiger partial charge in [-0.2, -0.15) is 0 Å². The van der Waals surface area contributed by atoms with Crippen molar-refractivity contribution in [3.63, 3.8) is 0 Å². The van der Waals surface area contributed by atoms with Gasteiger partial charge in [-0.25, -0.2) is 9.59 Å². The molecule has 0 saturated carbocycles. The first-order chi connectivity index (χ1) is 12.9. The molecule has 4 aromatic rings. The first-order valence-corrected chi connectivity index (χ1v) is 8.39. The predicted molar refractivity (Wildman–Crippen MR) is 89.3 cm³/mol. The molecule has 0 N–H and O–H groups in total. The summed E-state index contributed by atoms with van der Waals surface area (Å²) in [5.74, 6) is 1.63. The summed E-state index contributed by atoms with van der Waals surface area (Å²) in [5.41, 5.74) is 2.07. The molecule has 27 heavy (non-hydrogen) atoms. The normalized spacial score (nSPS) is 14.0. The number of hydrogen-bond donors (Lipinski definition) is 0. The quantitative estimate of drug-likeness (QED) is 0.316. The van der Waals surface area contributed by atoms with E-state index in [0.29, 0.717) is 56.5 Å². The van der Waals surface area contributed by atoms with E-state index in [2.05, 4.69) is 0 Å². The number of ether oxygens (including phenoxy) is 4. The van der Waals surface area contributed by atoms with E-state index in [-0.39, 0.29) is 13.2 Å². The van der Waals surface area contributed by atoms with Gasteiger partial charge in [-0.15, -0.1) is 0 Å². The fraction of sp³-hybridized carbons (Fsp3) is 0.263. The Labute approximate surface area is 151 Å². The lowest BCUT2D eigenvalue weighted by Crippen LogP contribution is -2.28. The van der Waals surface area contributed by atoms with Crippen LogP contribution < -0.4 is 9.47 Å². The van der Waals surface area contributed by atoms with Gasteiger partial charge < -0.3 is 27.8 Å². The van der Waals surface area contributed by atoms with Crippen molar-refractivity contribution in [1.82, 2.24) is 0 Å². The number of fused-ring (bicyclic) bond motifs is 10. The van der Waals surface area contributed by atoms with Gasteiger partial charge >= 0.3 is 11.9 Å². The molecule has 4 bridgehead atoms. The first kappa shape index (κ1) is 14.7. The highest BCUT2D eigenvalue weighted by molar-refractivity contribution is 6.07. The molecule has 0 atom stereocenters. The molecule has 4 aromatic heterocycles. The summed E-state index contributed by atoms with van der Waals surface area (Å²) in [4.78, 5) is 24.6. The van der Waals surface area contributed by atoms with Crippen LogP contribution in [0.4, 0.5) is 0 Å². The van der Waals surface area contributed by atoms with Gasteiger partial charge in [-0.1, -0.05) is 13.8 Å². The van der Waals surface area contributed by atoms with Gasteiger partial charge in [-0.3, -0.25) is 0 Å². The fourth-order valence-corrected chi connectivity index (χ4v) is 3.14. The van der Waals surface area contributed by atoms with Crippen molar-refractivity contribution in [3.8, 4) is 23.0 Å². The number of furan rings is 4. The van der Waals surface area contributed by atoms with E-state index in [1.807, 2.05) is 13.8 Å². The number of carbonyl (C=O) groups is 2. The molecule has 0 spiro atoms. The zero-order chi connectivity index (χ0) is 18.5. The second-order valence-corrected chi connectivity index (χ2v) is 7.54. The first-order valence-electron chi connectivity index (χ1n) is 8.39. The Bertz CT molecular complexity index is 1140. The fourth-order valence-electron chi connectivity index (χ4n) is 3.14. The SMILES string of the molecule is CC(C)(COC(=O)c1cc2oc1c1c2O1)COC(=O)c1cc2oc1c1c2O1. The Morgan fingerprint density at radius 3 is 1.63 bits per heavy atom. The van der Waals surface area contributed by atoms with Crippen molar-refractivity contribution < 1.29 is 37.4 Å². The maximum atomic E-state index is 12.3. The van der Waals surface area contributed by atoms with Crippen molar-refractivity contribution >= 4 is 34.3 Å². The van der Waals surface area contributed by atoms with Crippen molar-refractivity contribution in [2.24, 2.45) is 5.41 Å². The summed E-state index contributed by atoms with van der Waals surface area (Å²) in [5, 5.41) is 0. The molecule has 0 amide bonds. The molecule has 2 aliphatic heterocycles. The Hall–Kier alpha value is -3.42. The molecular weight excluding hydrogens is 356 g/mol. The van der Waals surface area contributed by atoms with Crippen molar-refractivity contribution in [1.29, 1.82) is 0 Å². The zero-order valence-electron chi connectivity index (χ0n) is 14.3. The van der Waals surface area contributed by atoms with Crippen LogP contribution in [0.25, 0.3) is 22.3 Å². The molecule has 8 nitrogen and oxygen atoms in total. The highest BCUT2D eigenvalue weighted by atomic mass is 16.6. The van der Waals surface area contributed by atoms with Crippen molar-refractivity contribution in [3.05, 3.63) is 23.3 Å². The van der Waals surface area contributed by atoms with Crippen LogP contribution in [0.1, 0.15) is 34.6 Å². The summed E-state index contributed by atoms with van der Waals surface area (Å²) in [6, 6.07) is 3.21. The van der Waals surface area contributed by atoms with Crippen LogP contribution >= 0.6 is 0 Å². The smallest absolute Gasteiger partial charge is 0.342 e. The minimum Gasteiger partial charge on any atom is -0.461 e. The highest BCUT2D eigenvalue weighted by Gasteiger charge is 2.39. The summed E-state index contributed by atoms with van der Waals surface area (Å²) in [6.07, 6.45) is 0. The van der Waals surface area contributed by atoms with E-state index >= 15 is 0 Å². The van der Waals surface area contributed by atoms with E-state index in [1.54, 1.807) is 12.1 Å². The van der Waals surface area contributed by atoms with Crippen molar-refractivity contribution in [2.75, 3.05) is 13.2 Å². The maximum Gasteiger partial charge on any atom is 0.342 e. The molecule has 0 unspecified atom stereocenters. The van der Waals surface area contributed by atoms with Gasteiger partial charge in [-0.05, 0) is 0 Å². The van der Waals surface area contributed by atoms with E-state index < -0.39 is 17.4 Å². The number of benzene rings is 2. The zero-order valence-corrected chi connectivity index (χ0v) is 14.3. The highest BCUT2D eigenvalue weighted by Crippen LogP contribution is 2.58. The minimum absolute atomic E-state index is 0.0771. The van der Waals surface area contributed by atoms with Crippen LogP contribution in [-0.4, -0.2) is 25.2 Å². The average molecular weight is 368 g/mol. The molecule has 0 aromatic carbocycles. The minimum atomic E-state index is -0.569. The second kappa shape index (κ2) is 4.46. The maximum absolute atomic E-state index is 12.3. The number of rotatable bonds is 6. The Morgan fingerprint density at radius 1 is 0.815 bits per heavy atom. The van der Waals surface area contributed by atoms with Crippen LogP contribution in [0.3, 0.4) is 0 Å². The lowest BCUT2D eigenvalue weighted by atomic mass is 9.96. The largest absolute Gasteiger partial charge is 0.461 e. The third-order valence-electron chi connectivity index (χ3n) is 4.69. The lowest BCUT2D eigenvalue weighted by Gasteiger charge is -2.23. The summed E-state index contributed by atoms with van der Waals surface area (Å²) >= 11 is 0.